The van der Waals surface area contributed by atoms with Gasteiger partial charge in [0.2, 0.25) is 0 Å². The molecule has 0 saturated heterocycles. The quantitative estimate of drug-likeness (QED) is 0.810. The van der Waals surface area contributed by atoms with Crippen LogP contribution in [0.25, 0.3) is 0 Å². The molecule has 88 valence electrons. The van der Waals surface area contributed by atoms with Crippen LogP contribution < -0.4 is 0 Å². The number of alkyl halides is 3. The number of aliphatic hydroxyl groups excluding tert-OH is 1. The average Bonchev–Trinajstić information content (AvgIpc) is 2.25. The largest absolute Gasteiger partial charge is 0.459 e. The molecule has 0 aliphatic heterocycles. The Bertz CT molecular complexity index is 348. The van der Waals surface area contributed by atoms with E-state index in [0.717, 1.165) is 0 Å². The van der Waals surface area contributed by atoms with Gasteiger partial charge in [-0.05, 0) is 12.1 Å². The van der Waals surface area contributed by atoms with Crippen LogP contribution in [0.4, 0.5) is 13.2 Å². The number of aliphatic hydroxyl groups is 1. The maximum absolute atomic E-state index is 11.9. The van der Waals surface area contributed by atoms with Crippen LogP contribution in [0.2, 0.25) is 0 Å². The summed E-state index contributed by atoms with van der Waals surface area (Å²) < 4.78 is 39.9. The Morgan fingerprint density at radius 1 is 1.31 bits per heavy atom. The summed E-state index contributed by atoms with van der Waals surface area (Å²) in [4.78, 5) is 11.2. The summed E-state index contributed by atoms with van der Waals surface area (Å²) in [6.07, 6.45) is -7.43. The van der Waals surface area contributed by atoms with Crippen molar-refractivity contribution in [1.29, 1.82) is 0 Å². The number of hydrogen-bond donors (Lipinski definition) is 1. The summed E-state index contributed by atoms with van der Waals surface area (Å²) in [5.41, 5.74) is 0.136. The molecule has 3 nitrogen and oxygen atoms in total. The van der Waals surface area contributed by atoms with Crippen molar-refractivity contribution in [3.63, 3.8) is 0 Å². The van der Waals surface area contributed by atoms with Crippen molar-refractivity contribution in [1.82, 2.24) is 0 Å². The smallest absolute Gasteiger partial charge is 0.417 e. The van der Waals surface area contributed by atoms with Gasteiger partial charge >= 0.3 is 12.1 Å². The van der Waals surface area contributed by atoms with Crippen molar-refractivity contribution in [2.24, 2.45) is 0 Å². The summed E-state index contributed by atoms with van der Waals surface area (Å²) in [5.74, 6) is -0.899. The highest BCUT2D eigenvalue weighted by Crippen LogP contribution is 2.20. The Labute approximate surface area is 89.5 Å². The van der Waals surface area contributed by atoms with Gasteiger partial charge in [-0.25, -0.2) is 4.79 Å². The third kappa shape index (κ3) is 3.54. The van der Waals surface area contributed by atoms with E-state index in [-0.39, 0.29) is 5.56 Å². The number of carbonyl (C=O) groups excluding carboxylic acids is 1. The van der Waals surface area contributed by atoms with Crippen LogP contribution >= 0.6 is 0 Å². The third-order valence-electron chi connectivity index (χ3n) is 1.76. The van der Waals surface area contributed by atoms with Gasteiger partial charge in [-0.3, -0.25) is 0 Å². The highest BCUT2D eigenvalue weighted by atomic mass is 19.4. The van der Waals surface area contributed by atoms with Crippen LogP contribution in [0.1, 0.15) is 10.4 Å². The van der Waals surface area contributed by atoms with Gasteiger partial charge in [0.1, 0.15) is 6.61 Å². The molecule has 0 amide bonds. The van der Waals surface area contributed by atoms with Crippen LogP contribution in [0.5, 0.6) is 0 Å². The van der Waals surface area contributed by atoms with Crippen molar-refractivity contribution < 1.29 is 27.8 Å². The Balaban J connectivity index is 2.48. The molecule has 0 bridgehead atoms. The zero-order chi connectivity index (χ0) is 12.2. The summed E-state index contributed by atoms with van der Waals surface area (Å²) in [6, 6.07) is 7.57. The first-order valence-electron chi connectivity index (χ1n) is 4.38. The van der Waals surface area contributed by atoms with Crippen molar-refractivity contribution in [2.45, 2.75) is 12.3 Å². The first-order valence-corrected chi connectivity index (χ1v) is 4.38. The van der Waals surface area contributed by atoms with Gasteiger partial charge in [0.05, 0.1) is 5.56 Å². The molecule has 1 aromatic carbocycles. The summed E-state index contributed by atoms with van der Waals surface area (Å²) >= 11 is 0. The first kappa shape index (κ1) is 12.5. The lowest BCUT2D eigenvalue weighted by Crippen LogP contribution is -2.33. The first-order chi connectivity index (χ1) is 7.41. The van der Waals surface area contributed by atoms with Crippen molar-refractivity contribution in [3.05, 3.63) is 35.9 Å². The lowest BCUT2D eigenvalue weighted by Gasteiger charge is -2.14. The molecule has 0 saturated carbocycles. The standard InChI is InChI=1S/C10H9F3O3/c11-10(12,13)8(14)6-16-9(15)7-4-2-1-3-5-7/h1-5,8,14H,6H2. The maximum atomic E-state index is 11.9. The number of benzene rings is 1. The van der Waals surface area contributed by atoms with E-state index in [4.69, 9.17) is 5.11 Å². The fourth-order valence-electron chi connectivity index (χ4n) is 0.907. The second-order valence-corrected chi connectivity index (χ2v) is 3.02. The molecule has 6 heteroatoms. The summed E-state index contributed by atoms with van der Waals surface area (Å²) in [5, 5.41) is 8.58. The molecule has 0 aromatic heterocycles. The van der Waals surface area contributed by atoms with E-state index in [2.05, 4.69) is 4.74 Å². The van der Waals surface area contributed by atoms with E-state index in [1.54, 1.807) is 18.2 Å². The van der Waals surface area contributed by atoms with Crippen LogP contribution in [0.15, 0.2) is 30.3 Å². The topological polar surface area (TPSA) is 46.5 Å². The van der Waals surface area contributed by atoms with E-state index >= 15 is 0 Å². The molecule has 16 heavy (non-hydrogen) atoms. The maximum Gasteiger partial charge on any atom is 0.417 e. The predicted octanol–water partition coefficient (Wildman–Crippen LogP) is 1.77. The van der Waals surface area contributed by atoms with Crippen LogP contribution in [0, 0.1) is 0 Å². The van der Waals surface area contributed by atoms with E-state index in [9.17, 15) is 18.0 Å². The van der Waals surface area contributed by atoms with Gasteiger partial charge in [0, 0.05) is 0 Å². The Kier molecular flexibility index (Phi) is 3.89. The molecule has 1 N–H and O–H groups in total. The van der Waals surface area contributed by atoms with Crippen molar-refractivity contribution in [3.8, 4) is 0 Å². The minimum atomic E-state index is -4.78. The number of rotatable bonds is 3. The zero-order valence-corrected chi connectivity index (χ0v) is 8.07. The van der Waals surface area contributed by atoms with Gasteiger partial charge in [0.15, 0.2) is 6.10 Å². The van der Waals surface area contributed by atoms with Crippen molar-refractivity contribution >= 4 is 5.97 Å². The van der Waals surface area contributed by atoms with E-state index in [1.807, 2.05) is 0 Å². The lowest BCUT2D eigenvalue weighted by atomic mass is 10.2. The highest BCUT2D eigenvalue weighted by Gasteiger charge is 2.39. The number of halogens is 3. The highest BCUT2D eigenvalue weighted by molar-refractivity contribution is 5.89. The van der Waals surface area contributed by atoms with Gasteiger partial charge in [-0.15, -0.1) is 0 Å². The zero-order valence-electron chi connectivity index (χ0n) is 8.07. The molecule has 1 unspecified atom stereocenters. The summed E-state index contributed by atoms with van der Waals surface area (Å²) in [6.45, 7) is -1.10. The Morgan fingerprint density at radius 2 is 1.88 bits per heavy atom. The average molecular weight is 234 g/mol. The second-order valence-electron chi connectivity index (χ2n) is 3.02. The lowest BCUT2D eigenvalue weighted by molar-refractivity contribution is -0.212. The van der Waals surface area contributed by atoms with E-state index in [1.165, 1.54) is 12.1 Å². The monoisotopic (exact) mass is 234 g/mol. The SMILES string of the molecule is O=C(OCC(O)C(F)(F)F)c1ccccc1. The predicted molar refractivity (Wildman–Crippen MR) is 48.8 cm³/mol. The molecular weight excluding hydrogens is 225 g/mol. The van der Waals surface area contributed by atoms with E-state index in [0.29, 0.717) is 0 Å². The molecule has 1 aromatic rings. The number of carbonyl (C=O) groups is 1. The van der Waals surface area contributed by atoms with Gasteiger partial charge in [-0.1, -0.05) is 18.2 Å². The van der Waals surface area contributed by atoms with Gasteiger partial charge < -0.3 is 9.84 Å². The molecule has 0 heterocycles. The number of hydrogen-bond acceptors (Lipinski definition) is 3. The fraction of sp³-hybridized carbons (Fsp3) is 0.300. The molecule has 1 rings (SSSR count). The minimum absolute atomic E-state index is 0.136. The molecule has 0 spiro atoms. The molecule has 0 fully saturated rings. The molecule has 0 aliphatic carbocycles. The number of esters is 1. The minimum Gasteiger partial charge on any atom is -0.459 e. The second kappa shape index (κ2) is 4.98. The summed E-state index contributed by atoms with van der Waals surface area (Å²) in [7, 11) is 0. The third-order valence-corrected chi connectivity index (χ3v) is 1.76. The molecule has 1 atom stereocenters. The van der Waals surface area contributed by atoms with Crippen LogP contribution in [-0.4, -0.2) is 30.0 Å². The van der Waals surface area contributed by atoms with Crippen molar-refractivity contribution in [2.75, 3.05) is 6.61 Å². The normalized spacial score (nSPS) is 13.2. The molecule has 0 radical (unpaired) electrons. The Hall–Kier alpha value is -1.56. The van der Waals surface area contributed by atoms with Crippen LogP contribution in [0.3, 0.4) is 0 Å². The van der Waals surface area contributed by atoms with Crippen LogP contribution in [-0.2, 0) is 4.74 Å². The Morgan fingerprint density at radius 3 is 2.38 bits per heavy atom. The molecule has 0 aliphatic rings. The van der Waals surface area contributed by atoms with E-state index < -0.39 is 24.9 Å². The fourth-order valence-corrected chi connectivity index (χ4v) is 0.907. The van der Waals surface area contributed by atoms with Gasteiger partial charge in [0.25, 0.3) is 0 Å². The number of ether oxygens (including phenoxy) is 1. The van der Waals surface area contributed by atoms with Gasteiger partial charge in [-0.2, -0.15) is 13.2 Å². The molecular formula is C10H9F3O3.